The van der Waals surface area contributed by atoms with E-state index in [2.05, 4.69) is 16.4 Å². The summed E-state index contributed by atoms with van der Waals surface area (Å²) in [6.07, 6.45) is 0.992. The molecule has 0 saturated carbocycles. The van der Waals surface area contributed by atoms with Gasteiger partial charge in [-0.15, -0.1) is 0 Å². The number of carbonyl (C=O) groups is 2. The summed E-state index contributed by atoms with van der Waals surface area (Å²) < 4.78 is 10.5. The molecule has 0 radical (unpaired) electrons. The molecule has 0 spiro atoms. The van der Waals surface area contributed by atoms with Gasteiger partial charge < -0.3 is 25.8 Å². The average molecular weight is 290 g/mol. The fourth-order valence-corrected chi connectivity index (χ4v) is 1.29. The Morgan fingerprint density at radius 3 is 2.20 bits per heavy atom. The first kappa shape index (κ1) is 18.8. The zero-order valence-corrected chi connectivity index (χ0v) is 12.7. The van der Waals surface area contributed by atoms with Gasteiger partial charge in [-0.05, 0) is 20.3 Å². The zero-order chi connectivity index (χ0) is 15.4. The lowest BCUT2D eigenvalue weighted by atomic mass is 10.2. The fourth-order valence-electron chi connectivity index (χ4n) is 1.29. The highest BCUT2D eigenvalue weighted by molar-refractivity contribution is 5.88. The SMILES string of the molecule is CCCOCCOCCNC(=O)C(C)NC(=O)C(C)[NH3+]. The van der Waals surface area contributed by atoms with Crippen molar-refractivity contribution in [1.82, 2.24) is 10.6 Å². The van der Waals surface area contributed by atoms with Gasteiger partial charge in [0.25, 0.3) is 5.91 Å². The van der Waals surface area contributed by atoms with Gasteiger partial charge in [0.2, 0.25) is 5.91 Å². The van der Waals surface area contributed by atoms with E-state index in [4.69, 9.17) is 9.47 Å². The van der Waals surface area contributed by atoms with E-state index in [0.717, 1.165) is 13.0 Å². The number of quaternary nitrogens is 1. The molecule has 0 aliphatic rings. The van der Waals surface area contributed by atoms with Gasteiger partial charge in [0.1, 0.15) is 6.04 Å². The summed E-state index contributed by atoms with van der Waals surface area (Å²) in [5.74, 6) is -0.471. The van der Waals surface area contributed by atoms with Crippen LogP contribution in [0.1, 0.15) is 27.2 Å². The normalized spacial score (nSPS) is 13.6. The Morgan fingerprint density at radius 2 is 1.65 bits per heavy atom. The molecule has 0 fully saturated rings. The summed E-state index contributed by atoms with van der Waals surface area (Å²) in [5, 5.41) is 5.27. The number of nitrogens with one attached hydrogen (secondary N) is 2. The Balaban J connectivity index is 3.55. The molecule has 2 amide bonds. The maximum absolute atomic E-state index is 11.6. The molecule has 118 valence electrons. The Morgan fingerprint density at radius 1 is 1.05 bits per heavy atom. The van der Waals surface area contributed by atoms with Crippen molar-refractivity contribution in [3.8, 4) is 0 Å². The van der Waals surface area contributed by atoms with E-state index >= 15 is 0 Å². The van der Waals surface area contributed by atoms with Crippen LogP contribution in [0.3, 0.4) is 0 Å². The Hall–Kier alpha value is -1.18. The molecular formula is C13H28N3O4+. The number of rotatable bonds is 11. The second-order valence-corrected chi connectivity index (χ2v) is 4.65. The quantitative estimate of drug-likeness (QED) is 0.411. The monoisotopic (exact) mass is 290 g/mol. The maximum Gasteiger partial charge on any atom is 0.278 e. The Kier molecular flexibility index (Phi) is 10.9. The third-order valence-electron chi connectivity index (χ3n) is 2.47. The third-order valence-corrected chi connectivity index (χ3v) is 2.47. The molecule has 0 aromatic heterocycles. The highest BCUT2D eigenvalue weighted by Crippen LogP contribution is 1.85. The molecule has 0 bridgehead atoms. The number of amides is 2. The highest BCUT2D eigenvalue weighted by atomic mass is 16.5. The Bertz CT molecular complexity index is 285. The van der Waals surface area contributed by atoms with Crippen molar-refractivity contribution in [2.75, 3.05) is 33.0 Å². The Labute approximate surface area is 120 Å². The number of carbonyl (C=O) groups excluding carboxylic acids is 2. The lowest BCUT2D eigenvalue weighted by Gasteiger charge is -2.14. The van der Waals surface area contributed by atoms with Gasteiger partial charge in [0.05, 0.1) is 19.8 Å². The van der Waals surface area contributed by atoms with Gasteiger partial charge in [-0.3, -0.25) is 9.59 Å². The van der Waals surface area contributed by atoms with Gasteiger partial charge in [0, 0.05) is 13.2 Å². The molecule has 0 aliphatic heterocycles. The van der Waals surface area contributed by atoms with E-state index in [9.17, 15) is 9.59 Å². The van der Waals surface area contributed by atoms with Crippen molar-refractivity contribution in [2.24, 2.45) is 0 Å². The lowest BCUT2D eigenvalue weighted by molar-refractivity contribution is -0.398. The molecule has 0 aliphatic carbocycles. The minimum absolute atomic E-state index is 0.232. The van der Waals surface area contributed by atoms with E-state index in [1.807, 2.05) is 6.92 Å². The number of hydrogen-bond acceptors (Lipinski definition) is 4. The molecule has 0 aromatic carbocycles. The predicted molar refractivity (Wildman–Crippen MR) is 74.9 cm³/mol. The largest absolute Gasteiger partial charge is 0.379 e. The third kappa shape index (κ3) is 9.71. The fraction of sp³-hybridized carbons (Fsp3) is 0.846. The molecule has 2 atom stereocenters. The molecule has 0 saturated heterocycles. The van der Waals surface area contributed by atoms with Crippen LogP contribution in [0, 0.1) is 0 Å². The van der Waals surface area contributed by atoms with E-state index in [0.29, 0.717) is 26.4 Å². The van der Waals surface area contributed by atoms with Crippen LogP contribution in [0.2, 0.25) is 0 Å². The standard InChI is InChI=1S/C13H27N3O4/c1-4-6-19-8-9-20-7-5-15-13(18)11(3)16-12(17)10(2)14/h10-11H,4-9,14H2,1-3H3,(H,15,18)(H,16,17)/p+1. The van der Waals surface area contributed by atoms with E-state index in [-0.39, 0.29) is 17.9 Å². The van der Waals surface area contributed by atoms with Crippen LogP contribution < -0.4 is 16.4 Å². The molecule has 2 unspecified atom stereocenters. The van der Waals surface area contributed by atoms with Crippen molar-refractivity contribution in [3.05, 3.63) is 0 Å². The van der Waals surface area contributed by atoms with Gasteiger partial charge in [-0.2, -0.15) is 0 Å². The number of ether oxygens (including phenoxy) is 2. The van der Waals surface area contributed by atoms with E-state index < -0.39 is 6.04 Å². The van der Waals surface area contributed by atoms with Crippen molar-refractivity contribution >= 4 is 11.8 Å². The first-order valence-electron chi connectivity index (χ1n) is 7.05. The van der Waals surface area contributed by atoms with E-state index in [1.165, 1.54) is 0 Å². The van der Waals surface area contributed by atoms with Crippen molar-refractivity contribution in [1.29, 1.82) is 0 Å². The molecule has 0 aromatic rings. The van der Waals surface area contributed by atoms with Crippen LogP contribution in [-0.4, -0.2) is 56.9 Å². The zero-order valence-electron chi connectivity index (χ0n) is 12.7. The summed E-state index contributed by atoms with van der Waals surface area (Å²) in [7, 11) is 0. The molecule has 0 rings (SSSR count). The first-order chi connectivity index (χ1) is 9.49. The van der Waals surface area contributed by atoms with Crippen LogP contribution in [0.5, 0.6) is 0 Å². The second-order valence-electron chi connectivity index (χ2n) is 4.65. The minimum atomic E-state index is -0.570. The summed E-state index contributed by atoms with van der Waals surface area (Å²) in [6, 6.07) is -0.948. The second kappa shape index (κ2) is 11.6. The summed E-state index contributed by atoms with van der Waals surface area (Å²) in [6.45, 7) is 8.01. The van der Waals surface area contributed by atoms with E-state index in [1.54, 1.807) is 13.8 Å². The minimum Gasteiger partial charge on any atom is -0.379 e. The highest BCUT2D eigenvalue weighted by Gasteiger charge is 2.18. The lowest BCUT2D eigenvalue weighted by Crippen LogP contribution is -2.67. The van der Waals surface area contributed by atoms with Crippen molar-refractivity contribution < 1.29 is 24.8 Å². The summed E-state index contributed by atoms with van der Waals surface area (Å²) >= 11 is 0. The topological polar surface area (TPSA) is 104 Å². The molecule has 20 heavy (non-hydrogen) atoms. The maximum atomic E-state index is 11.6. The molecule has 5 N–H and O–H groups in total. The summed E-state index contributed by atoms with van der Waals surface area (Å²) in [5.41, 5.74) is 3.59. The van der Waals surface area contributed by atoms with Crippen LogP contribution >= 0.6 is 0 Å². The molecular weight excluding hydrogens is 262 g/mol. The van der Waals surface area contributed by atoms with Crippen LogP contribution in [0.4, 0.5) is 0 Å². The smallest absolute Gasteiger partial charge is 0.278 e. The van der Waals surface area contributed by atoms with Crippen molar-refractivity contribution in [2.45, 2.75) is 39.3 Å². The van der Waals surface area contributed by atoms with Gasteiger partial charge >= 0.3 is 0 Å². The van der Waals surface area contributed by atoms with Crippen molar-refractivity contribution in [3.63, 3.8) is 0 Å². The van der Waals surface area contributed by atoms with Gasteiger partial charge in [0.15, 0.2) is 6.04 Å². The number of hydrogen-bond donors (Lipinski definition) is 3. The molecule has 7 nitrogen and oxygen atoms in total. The first-order valence-corrected chi connectivity index (χ1v) is 7.05. The van der Waals surface area contributed by atoms with Crippen LogP contribution in [0.25, 0.3) is 0 Å². The van der Waals surface area contributed by atoms with Crippen LogP contribution in [0.15, 0.2) is 0 Å². The molecule has 7 heteroatoms. The van der Waals surface area contributed by atoms with Gasteiger partial charge in [-0.1, -0.05) is 6.92 Å². The molecule has 0 heterocycles. The average Bonchev–Trinajstić information content (AvgIpc) is 2.41. The van der Waals surface area contributed by atoms with Crippen LogP contribution in [-0.2, 0) is 19.1 Å². The summed E-state index contributed by atoms with van der Waals surface area (Å²) in [4.78, 5) is 23.0. The predicted octanol–water partition coefficient (Wildman–Crippen LogP) is -1.32. The van der Waals surface area contributed by atoms with Gasteiger partial charge in [-0.25, -0.2) is 0 Å².